The van der Waals surface area contributed by atoms with Gasteiger partial charge < -0.3 is 11.1 Å². The molecule has 2 aromatic carbocycles. The van der Waals surface area contributed by atoms with E-state index < -0.39 is 0 Å². The molecule has 0 aliphatic carbocycles. The molecule has 98 valence electrons. The van der Waals surface area contributed by atoms with Crippen LogP contribution in [0.5, 0.6) is 0 Å². The predicted molar refractivity (Wildman–Crippen MR) is 86.8 cm³/mol. The predicted octanol–water partition coefficient (Wildman–Crippen LogP) is 4.68. The van der Waals surface area contributed by atoms with E-state index in [2.05, 4.69) is 5.32 Å². The van der Waals surface area contributed by atoms with Crippen molar-refractivity contribution < 1.29 is 0 Å². The summed E-state index contributed by atoms with van der Waals surface area (Å²) in [5.74, 6) is 0. The van der Waals surface area contributed by atoms with Crippen LogP contribution in [0.2, 0.25) is 10.0 Å². The highest BCUT2D eigenvalue weighted by atomic mass is 35.5. The summed E-state index contributed by atoms with van der Waals surface area (Å²) in [6.45, 7) is 1.98. The second-order valence-electron chi connectivity index (χ2n) is 4.14. The summed E-state index contributed by atoms with van der Waals surface area (Å²) >= 11 is 17.0. The van der Waals surface area contributed by atoms with E-state index in [4.69, 9.17) is 41.2 Å². The van der Waals surface area contributed by atoms with Crippen LogP contribution in [0.3, 0.4) is 0 Å². The number of rotatable bonds is 3. The molecule has 2 nitrogen and oxygen atoms in total. The molecule has 19 heavy (non-hydrogen) atoms. The summed E-state index contributed by atoms with van der Waals surface area (Å²) in [5.41, 5.74) is 9.11. The van der Waals surface area contributed by atoms with Crippen molar-refractivity contribution in [3.8, 4) is 0 Å². The molecule has 0 aliphatic rings. The van der Waals surface area contributed by atoms with Crippen LogP contribution in [0.25, 0.3) is 0 Å². The number of benzene rings is 2. The molecular weight excluding hydrogens is 299 g/mol. The summed E-state index contributed by atoms with van der Waals surface area (Å²) < 4.78 is 0. The Kier molecular flexibility index (Phi) is 4.30. The summed E-state index contributed by atoms with van der Waals surface area (Å²) in [4.78, 5) is 0.330. The largest absolute Gasteiger partial charge is 0.389 e. The minimum Gasteiger partial charge on any atom is -0.389 e. The molecule has 5 heteroatoms. The van der Waals surface area contributed by atoms with Crippen molar-refractivity contribution in [2.45, 2.75) is 6.92 Å². The van der Waals surface area contributed by atoms with Crippen LogP contribution < -0.4 is 11.1 Å². The summed E-state index contributed by atoms with van der Waals surface area (Å²) in [6.07, 6.45) is 0. The summed E-state index contributed by atoms with van der Waals surface area (Å²) in [7, 11) is 0. The van der Waals surface area contributed by atoms with Gasteiger partial charge in [-0.25, -0.2) is 0 Å². The second-order valence-corrected chi connectivity index (χ2v) is 5.43. The van der Waals surface area contributed by atoms with E-state index in [1.165, 1.54) is 0 Å². The van der Waals surface area contributed by atoms with Gasteiger partial charge in [0.1, 0.15) is 4.99 Å². The minimum atomic E-state index is 0.330. The maximum Gasteiger partial charge on any atom is 0.104 e. The maximum atomic E-state index is 6.20. The Balaban J connectivity index is 2.31. The first-order valence-electron chi connectivity index (χ1n) is 5.60. The van der Waals surface area contributed by atoms with Gasteiger partial charge in [0.05, 0.1) is 10.7 Å². The van der Waals surface area contributed by atoms with Gasteiger partial charge in [-0.3, -0.25) is 0 Å². The molecule has 0 bridgehead atoms. The standard InChI is InChI=1S/C14H12Cl2N2S/c1-8-6-10(15)3-5-12(8)18-13-4-2-9(14(17)19)7-11(13)16/h2-7,18H,1H3,(H2,17,19). The van der Waals surface area contributed by atoms with Gasteiger partial charge in [-0.05, 0) is 48.9 Å². The first-order valence-corrected chi connectivity index (χ1v) is 6.76. The molecule has 2 aromatic rings. The molecule has 2 rings (SSSR count). The van der Waals surface area contributed by atoms with E-state index >= 15 is 0 Å². The molecule has 0 spiro atoms. The van der Waals surface area contributed by atoms with Crippen LogP contribution in [0, 0.1) is 6.92 Å². The molecule has 0 fully saturated rings. The normalized spacial score (nSPS) is 10.3. The highest BCUT2D eigenvalue weighted by Crippen LogP contribution is 2.29. The van der Waals surface area contributed by atoms with Gasteiger partial charge in [0.2, 0.25) is 0 Å². The minimum absolute atomic E-state index is 0.330. The molecule has 3 N–H and O–H groups in total. The Morgan fingerprint density at radius 1 is 1.11 bits per heavy atom. The number of aryl methyl sites for hydroxylation is 1. The number of hydrogen-bond donors (Lipinski definition) is 2. The van der Waals surface area contributed by atoms with Crippen LogP contribution in [-0.4, -0.2) is 4.99 Å². The van der Waals surface area contributed by atoms with Gasteiger partial charge in [-0.15, -0.1) is 0 Å². The molecule has 0 amide bonds. The van der Waals surface area contributed by atoms with Crippen molar-refractivity contribution in [2.75, 3.05) is 5.32 Å². The number of nitrogens with one attached hydrogen (secondary N) is 1. The Bertz CT molecular complexity index is 641. The van der Waals surface area contributed by atoms with Crippen LogP contribution in [0.15, 0.2) is 36.4 Å². The van der Waals surface area contributed by atoms with Crippen molar-refractivity contribution in [2.24, 2.45) is 5.73 Å². The lowest BCUT2D eigenvalue weighted by atomic mass is 10.1. The number of anilines is 2. The van der Waals surface area contributed by atoms with E-state index in [0.29, 0.717) is 15.0 Å². The molecule has 0 aliphatic heterocycles. The highest BCUT2D eigenvalue weighted by molar-refractivity contribution is 7.80. The van der Waals surface area contributed by atoms with Gasteiger partial charge in [0.25, 0.3) is 0 Å². The van der Waals surface area contributed by atoms with E-state index in [1.54, 1.807) is 6.07 Å². The number of nitrogens with two attached hydrogens (primary N) is 1. The molecule has 0 saturated carbocycles. The van der Waals surface area contributed by atoms with E-state index in [-0.39, 0.29) is 0 Å². The molecule has 0 atom stereocenters. The third-order valence-corrected chi connectivity index (χ3v) is 3.49. The van der Waals surface area contributed by atoms with Crippen molar-refractivity contribution in [1.82, 2.24) is 0 Å². The smallest absolute Gasteiger partial charge is 0.104 e. The lowest BCUT2D eigenvalue weighted by Gasteiger charge is -2.12. The first-order chi connectivity index (χ1) is 8.97. The quantitative estimate of drug-likeness (QED) is 0.808. The van der Waals surface area contributed by atoms with Crippen LogP contribution in [0.1, 0.15) is 11.1 Å². The molecule has 0 saturated heterocycles. The van der Waals surface area contributed by atoms with Crippen LogP contribution in [-0.2, 0) is 0 Å². The molecular formula is C14H12Cl2N2S. The highest BCUT2D eigenvalue weighted by Gasteiger charge is 2.06. The fourth-order valence-electron chi connectivity index (χ4n) is 1.68. The Morgan fingerprint density at radius 2 is 1.79 bits per heavy atom. The third-order valence-electron chi connectivity index (χ3n) is 2.71. The van der Waals surface area contributed by atoms with Crippen molar-refractivity contribution in [3.05, 3.63) is 57.6 Å². The number of thiocarbonyl (C=S) groups is 1. The monoisotopic (exact) mass is 310 g/mol. The first kappa shape index (κ1) is 14.1. The zero-order valence-electron chi connectivity index (χ0n) is 10.2. The molecule has 0 radical (unpaired) electrons. The van der Waals surface area contributed by atoms with Crippen LogP contribution >= 0.6 is 35.4 Å². The SMILES string of the molecule is Cc1cc(Cl)ccc1Nc1ccc(C(N)=S)cc1Cl. The van der Waals surface area contributed by atoms with Crippen molar-refractivity contribution >= 4 is 51.8 Å². The third kappa shape index (κ3) is 3.38. The average molecular weight is 311 g/mol. The number of hydrogen-bond acceptors (Lipinski definition) is 2. The van der Waals surface area contributed by atoms with E-state index in [9.17, 15) is 0 Å². The lowest BCUT2D eigenvalue weighted by Crippen LogP contribution is -2.09. The van der Waals surface area contributed by atoms with Crippen molar-refractivity contribution in [3.63, 3.8) is 0 Å². The number of halogens is 2. The Morgan fingerprint density at radius 3 is 2.37 bits per heavy atom. The fraction of sp³-hybridized carbons (Fsp3) is 0.0714. The lowest BCUT2D eigenvalue weighted by molar-refractivity contribution is 1.43. The molecule has 0 aromatic heterocycles. The zero-order valence-corrected chi connectivity index (χ0v) is 12.5. The topological polar surface area (TPSA) is 38.0 Å². The van der Waals surface area contributed by atoms with Gasteiger partial charge in [-0.2, -0.15) is 0 Å². The Hall–Kier alpha value is -1.29. The van der Waals surface area contributed by atoms with E-state index in [0.717, 1.165) is 22.5 Å². The molecule has 0 unspecified atom stereocenters. The zero-order chi connectivity index (χ0) is 14.0. The molecule has 0 heterocycles. The van der Waals surface area contributed by atoms with Crippen molar-refractivity contribution in [1.29, 1.82) is 0 Å². The van der Waals surface area contributed by atoms with Gasteiger partial charge in [-0.1, -0.05) is 35.4 Å². The van der Waals surface area contributed by atoms with Crippen LogP contribution in [0.4, 0.5) is 11.4 Å². The van der Waals surface area contributed by atoms with E-state index in [1.807, 2.05) is 37.3 Å². The summed E-state index contributed by atoms with van der Waals surface area (Å²) in [5, 5.41) is 4.53. The Labute approximate surface area is 127 Å². The fourth-order valence-corrected chi connectivity index (χ4v) is 2.26. The second kappa shape index (κ2) is 5.78. The summed E-state index contributed by atoms with van der Waals surface area (Å²) in [6, 6.07) is 11.1. The van der Waals surface area contributed by atoms with Gasteiger partial charge >= 0.3 is 0 Å². The van der Waals surface area contributed by atoms with Gasteiger partial charge in [0, 0.05) is 16.3 Å². The average Bonchev–Trinajstić information content (AvgIpc) is 2.34. The maximum absolute atomic E-state index is 6.20. The van der Waals surface area contributed by atoms with Gasteiger partial charge in [0.15, 0.2) is 0 Å².